The second-order valence-corrected chi connectivity index (χ2v) is 8.79. The van der Waals surface area contributed by atoms with Crippen LogP contribution in [0.25, 0.3) is 0 Å². The molecule has 1 heterocycles. The molecule has 14 nitrogen and oxygen atoms in total. The average molecular weight is 533 g/mol. The molecule has 0 bridgehead atoms. The Kier molecular flexibility index (Phi) is 12.2. The number of primary amides is 1. The van der Waals surface area contributed by atoms with Crippen LogP contribution in [0.1, 0.15) is 30.5 Å². The van der Waals surface area contributed by atoms with Gasteiger partial charge in [-0.25, -0.2) is 4.98 Å². The molecule has 0 unspecified atom stereocenters. The number of hydrogen-bond acceptors (Lipinski definition) is 9. The number of H-pyrrole nitrogens is 1. The van der Waals surface area contributed by atoms with Gasteiger partial charge in [-0.05, 0) is 37.1 Å². The van der Waals surface area contributed by atoms with Crippen LogP contribution in [0, 0.1) is 0 Å². The second-order valence-electron chi connectivity index (χ2n) is 8.79. The number of aromatic nitrogens is 2. The van der Waals surface area contributed by atoms with Crippen LogP contribution in [0.4, 0.5) is 0 Å². The Bertz CT molecular complexity index is 1050. The molecule has 0 aliphatic heterocycles. The molecule has 4 amide bonds. The van der Waals surface area contributed by atoms with E-state index in [1.807, 2.05) is 0 Å². The number of benzene rings is 1. The van der Waals surface area contributed by atoms with Crippen LogP contribution in [0.3, 0.4) is 0 Å². The Morgan fingerprint density at radius 2 is 1.53 bits per heavy atom. The lowest BCUT2D eigenvalue weighted by Crippen LogP contribution is -2.59. The number of aliphatic hydroxyl groups is 1. The zero-order chi connectivity index (χ0) is 28.1. The molecule has 1 aromatic carbocycles. The van der Waals surface area contributed by atoms with Crippen molar-refractivity contribution in [1.82, 2.24) is 25.9 Å². The van der Waals surface area contributed by atoms with Crippen molar-refractivity contribution < 1.29 is 29.4 Å². The van der Waals surface area contributed by atoms with Gasteiger partial charge in [0.25, 0.3) is 0 Å². The minimum atomic E-state index is -1.36. The molecule has 0 fully saturated rings. The summed E-state index contributed by atoms with van der Waals surface area (Å²) in [4.78, 5) is 57.4. The maximum atomic E-state index is 13.4. The topological polar surface area (TPSA) is 252 Å². The van der Waals surface area contributed by atoms with Crippen LogP contribution >= 0.6 is 0 Å². The molecule has 0 radical (unpaired) electrons. The number of rotatable bonds is 16. The van der Waals surface area contributed by atoms with Gasteiger partial charge in [-0.15, -0.1) is 0 Å². The first-order valence-electron chi connectivity index (χ1n) is 12.2. The molecule has 0 aliphatic carbocycles. The van der Waals surface area contributed by atoms with Gasteiger partial charge in [-0.3, -0.25) is 19.2 Å². The summed E-state index contributed by atoms with van der Waals surface area (Å²) >= 11 is 0. The average Bonchev–Trinajstić information content (AvgIpc) is 3.40. The van der Waals surface area contributed by atoms with E-state index in [2.05, 4.69) is 25.9 Å². The number of hydrogen-bond donors (Lipinski definition) is 9. The molecule has 0 aliphatic rings. The number of amides is 4. The summed E-state index contributed by atoms with van der Waals surface area (Å²) in [6, 6.07) is 1.48. The largest absolute Gasteiger partial charge is 0.508 e. The van der Waals surface area contributed by atoms with Gasteiger partial charge in [0.1, 0.15) is 23.9 Å². The molecule has 14 heteroatoms. The van der Waals surface area contributed by atoms with Crippen LogP contribution < -0.4 is 33.2 Å². The lowest BCUT2D eigenvalue weighted by atomic mass is 10.0. The van der Waals surface area contributed by atoms with E-state index in [0.29, 0.717) is 37.1 Å². The Labute approximate surface area is 219 Å². The number of aromatic amines is 1. The molecule has 12 N–H and O–H groups in total. The number of aromatic hydroxyl groups is 1. The quantitative estimate of drug-likeness (QED) is 0.102. The van der Waals surface area contributed by atoms with Gasteiger partial charge in [-0.1, -0.05) is 18.6 Å². The lowest BCUT2D eigenvalue weighted by molar-refractivity contribution is -0.133. The molecular formula is C24H36N8O6. The first kappa shape index (κ1) is 30.2. The highest BCUT2D eigenvalue weighted by atomic mass is 16.3. The van der Waals surface area contributed by atoms with Crippen molar-refractivity contribution in [3.05, 3.63) is 48.0 Å². The van der Waals surface area contributed by atoms with Crippen molar-refractivity contribution in [1.29, 1.82) is 0 Å². The number of phenols is 1. The Morgan fingerprint density at radius 1 is 0.921 bits per heavy atom. The Hall–Kier alpha value is -4.01. The summed E-state index contributed by atoms with van der Waals surface area (Å²) in [6.45, 7) is -0.266. The minimum absolute atomic E-state index is 0.0318. The zero-order valence-corrected chi connectivity index (χ0v) is 20.9. The van der Waals surface area contributed by atoms with E-state index in [4.69, 9.17) is 17.2 Å². The van der Waals surface area contributed by atoms with E-state index in [1.165, 1.54) is 24.7 Å². The van der Waals surface area contributed by atoms with E-state index in [1.54, 1.807) is 12.1 Å². The number of nitrogens with two attached hydrogens (primary N) is 3. The van der Waals surface area contributed by atoms with Crippen molar-refractivity contribution in [2.24, 2.45) is 17.2 Å². The number of phenolic OH excluding ortho intramolecular Hbond substituents is 1. The fourth-order valence-corrected chi connectivity index (χ4v) is 3.57. The number of imidazole rings is 1. The third kappa shape index (κ3) is 9.80. The first-order chi connectivity index (χ1) is 18.1. The van der Waals surface area contributed by atoms with E-state index in [-0.39, 0.29) is 18.6 Å². The smallest absolute Gasteiger partial charge is 0.243 e. The molecule has 0 spiro atoms. The van der Waals surface area contributed by atoms with E-state index < -0.39 is 54.4 Å². The SMILES string of the molecule is NCCCC[C@H](N)C(=O)N[C@@H](Cc1ccc(O)cc1)C(=O)N[C@@H](Cc1c[nH]cn1)C(=O)N[C@@H](CO)C(N)=O. The van der Waals surface area contributed by atoms with Crippen LogP contribution in [-0.4, -0.2) is 81.1 Å². The Balaban J connectivity index is 2.24. The number of carbonyl (C=O) groups excluding carboxylic acids is 4. The summed E-state index contributed by atoms with van der Waals surface area (Å²) < 4.78 is 0. The minimum Gasteiger partial charge on any atom is -0.508 e. The summed E-state index contributed by atoms with van der Waals surface area (Å²) in [7, 11) is 0. The summed E-state index contributed by atoms with van der Waals surface area (Å²) in [5.74, 6) is -2.96. The van der Waals surface area contributed by atoms with Gasteiger partial charge in [0.2, 0.25) is 23.6 Å². The third-order valence-electron chi connectivity index (χ3n) is 5.76. The molecular weight excluding hydrogens is 496 g/mol. The predicted octanol–water partition coefficient (Wildman–Crippen LogP) is -2.71. The molecule has 208 valence electrons. The number of unbranched alkanes of at least 4 members (excludes halogenated alkanes) is 1. The van der Waals surface area contributed by atoms with E-state index in [9.17, 15) is 29.4 Å². The second kappa shape index (κ2) is 15.3. The van der Waals surface area contributed by atoms with Crippen molar-refractivity contribution in [3.8, 4) is 5.75 Å². The number of nitrogens with one attached hydrogen (secondary N) is 4. The van der Waals surface area contributed by atoms with Crippen LogP contribution in [0.15, 0.2) is 36.8 Å². The van der Waals surface area contributed by atoms with E-state index >= 15 is 0 Å². The normalized spacial score (nSPS) is 14.1. The van der Waals surface area contributed by atoms with Gasteiger partial charge in [0.15, 0.2) is 0 Å². The Morgan fingerprint density at radius 3 is 2.08 bits per heavy atom. The van der Waals surface area contributed by atoms with Crippen molar-refractivity contribution in [3.63, 3.8) is 0 Å². The predicted molar refractivity (Wildman–Crippen MR) is 137 cm³/mol. The number of nitrogens with zero attached hydrogens (tertiary/aromatic N) is 1. The van der Waals surface area contributed by atoms with Gasteiger partial charge in [-0.2, -0.15) is 0 Å². The monoisotopic (exact) mass is 532 g/mol. The fraction of sp³-hybridized carbons (Fsp3) is 0.458. The standard InChI is InChI=1S/C24H36N8O6/c25-8-2-1-3-17(26)22(36)30-18(9-14-4-6-16(34)7-5-14)23(37)31-19(10-15-11-28-13-29-15)24(38)32-20(12-33)21(27)35/h4-7,11,13,17-20,33-34H,1-3,8-10,12,25-26H2,(H2,27,35)(H,28,29)(H,30,36)(H,31,37)(H,32,38)/t17-,18-,19-,20-/m0/s1. The van der Waals surface area contributed by atoms with Crippen LogP contribution in [-0.2, 0) is 32.0 Å². The summed E-state index contributed by atoms with van der Waals surface area (Å²) in [5.41, 5.74) is 17.8. The maximum Gasteiger partial charge on any atom is 0.243 e. The van der Waals surface area contributed by atoms with Gasteiger partial charge in [0.05, 0.1) is 24.7 Å². The van der Waals surface area contributed by atoms with Gasteiger partial charge in [0, 0.05) is 19.0 Å². The third-order valence-corrected chi connectivity index (χ3v) is 5.76. The molecule has 4 atom stereocenters. The van der Waals surface area contributed by atoms with Gasteiger partial charge < -0.3 is 48.3 Å². The molecule has 38 heavy (non-hydrogen) atoms. The first-order valence-corrected chi connectivity index (χ1v) is 12.2. The molecule has 0 saturated carbocycles. The van der Waals surface area contributed by atoms with Crippen molar-refractivity contribution in [2.45, 2.75) is 56.3 Å². The highest BCUT2D eigenvalue weighted by Gasteiger charge is 2.30. The van der Waals surface area contributed by atoms with Crippen molar-refractivity contribution in [2.75, 3.05) is 13.2 Å². The van der Waals surface area contributed by atoms with Crippen LogP contribution in [0.2, 0.25) is 0 Å². The molecule has 0 saturated heterocycles. The number of carbonyl (C=O) groups is 4. The molecule has 1 aromatic heterocycles. The summed E-state index contributed by atoms with van der Waals surface area (Å²) in [5, 5.41) is 26.5. The van der Waals surface area contributed by atoms with Crippen LogP contribution in [0.5, 0.6) is 5.75 Å². The zero-order valence-electron chi connectivity index (χ0n) is 20.9. The molecule has 2 rings (SSSR count). The van der Waals surface area contributed by atoms with E-state index in [0.717, 1.165) is 0 Å². The van der Waals surface area contributed by atoms with Gasteiger partial charge >= 0.3 is 0 Å². The highest BCUT2D eigenvalue weighted by molar-refractivity contribution is 5.94. The van der Waals surface area contributed by atoms with Crippen molar-refractivity contribution >= 4 is 23.6 Å². The fourth-order valence-electron chi connectivity index (χ4n) is 3.57. The molecule has 2 aromatic rings. The highest BCUT2D eigenvalue weighted by Crippen LogP contribution is 2.12. The lowest BCUT2D eigenvalue weighted by Gasteiger charge is -2.25. The summed E-state index contributed by atoms with van der Waals surface area (Å²) in [6.07, 6.45) is 4.60. The maximum absolute atomic E-state index is 13.4. The number of aliphatic hydroxyl groups excluding tert-OH is 1.